The second kappa shape index (κ2) is 14.3. The highest BCUT2D eigenvalue weighted by Crippen LogP contribution is 2.34. The second-order valence-electron chi connectivity index (χ2n) is 10.8. The molecule has 0 radical (unpaired) electrons. The SMILES string of the molecule is Nc1nc(Nc2ccc(C=Cc3ccc(Nc4nc(N)nc(N5CCOCC5)n4)c(S(=O)(=O)O)c3S(=O)(=O)O)cc2)nc(N2CCOCC2)n1. The number of nitrogens with zero attached hydrogens (tertiary/aromatic N) is 8. The molecule has 20 nitrogen and oxygen atoms in total. The number of ether oxygens (including phenoxy) is 2. The van der Waals surface area contributed by atoms with Gasteiger partial charge in [-0.1, -0.05) is 30.4 Å². The van der Waals surface area contributed by atoms with Crippen molar-refractivity contribution >= 4 is 79.5 Å². The van der Waals surface area contributed by atoms with Crippen molar-refractivity contribution in [3.8, 4) is 0 Å². The van der Waals surface area contributed by atoms with Gasteiger partial charge in [0.1, 0.15) is 9.79 Å². The molecule has 0 amide bonds. The van der Waals surface area contributed by atoms with Gasteiger partial charge in [0, 0.05) is 31.9 Å². The number of nitrogens with two attached hydrogens (primary N) is 2. The van der Waals surface area contributed by atoms with Gasteiger partial charge in [0.25, 0.3) is 20.2 Å². The largest absolute Gasteiger partial charge is 0.378 e. The number of nitrogens with one attached hydrogen (secondary N) is 2. The molecule has 264 valence electrons. The predicted octanol–water partition coefficient (Wildman–Crippen LogP) is 1.05. The quantitative estimate of drug-likeness (QED) is 0.0982. The van der Waals surface area contributed by atoms with Gasteiger partial charge < -0.3 is 41.4 Å². The van der Waals surface area contributed by atoms with Gasteiger partial charge in [-0.25, -0.2) is 0 Å². The number of rotatable bonds is 10. The molecule has 2 aliphatic heterocycles. The average molecular weight is 729 g/mol. The number of benzene rings is 2. The molecule has 2 saturated heterocycles. The molecule has 22 heteroatoms. The Labute approximate surface area is 286 Å². The molecule has 50 heavy (non-hydrogen) atoms. The third-order valence-electron chi connectivity index (χ3n) is 7.40. The Morgan fingerprint density at radius 1 is 0.640 bits per heavy atom. The van der Waals surface area contributed by atoms with Crippen LogP contribution in [0, 0.1) is 0 Å². The van der Waals surface area contributed by atoms with Crippen molar-refractivity contribution in [2.45, 2.75) is 9.79 Å². The van der Waals surface area contributed by atoms with Crippen molar-refractivity contribution in [1.82, 2.24) is 29.9 Å². The van der Waals surface area contributed by atoms with Gasteiger partial charge in [0.15, 0.2) is 0 Å². The van der Waals surface area contributed by atoms with E-state index in [1.807, 2.05) is 4.90 Å². The van der Waals surface area contributed by atoms with E-state index in [-0.39, 0.29) is 35.3 Å². The minimum absolute atomic E-state index is 0.0406. The van der Waals surface area contributed by atoms with E-state index in [0.29, 0.717) is 69.8 Å². The molecule has 0 unspecified atom stereocenters. The van der Waals surface area contributed by atoms with Gasteiger partial charge in [-0.15, -0.1) is 0 Å². The van der Waals surface area contributed by atoms with E-state index in [0.717, 1.165) is 0 Å². The maximum absolute atomic E-state index is 12.6. The first-order valence-corrected chi connectivity index (χ1v) is 17.8. The molecule has 0 atom stereocenters. The van der Waals surface area contributed by atoms with Crippen molar-refractivity contribution in [1.29, 1.82) is 0 Å². The lowest BCUT2D eigenvalue weighted by Gasteiger charge is -2.26. The minimum atomic E-state index is -5.27. The highest BCUT2D eigenvalue weighted by Gasteiger charge is 2.31. The van der Waals surface area contributed by atoms with Crippen LogP contribution in [0.25, 0.3) is 12.2 Å². The summed E-state index contributed by atoms with van der Waals surface area (Å²) < 4.78 is 81.5. The van der Waals surface area contributed by atoms with E-state index in [1.54, 1.807) is 29.2 Å². The summed E-state index contributed by atoms with van der Waals surface area (Å²) in [6.45, 7) is 4.05. The molecule has 4 aromatic rings. The third-order valence-corrected chi connectivity index (χ3v) is 9.42. The third kappa shape index (κ3) is 8.30. The second-order valence-corrected chi connectivity index (χ2v) is 13.6. The molecule has 4 heterocycles. The fourth-order valence-electron chi connectivity index (χ4n) is 5.13. The van der Waals surface area contributed by atoms with Gasteiger partial charge in [-0.2, -0.15) is 46.7 Å². The monoisotopic (exact) mass is 728 g/mol. The highest BCUT2D eigenvalue weighted by molar-refractivity contribution is 7.89. The zero-order valence-corrected chi connectivity index (χ0v) is 27.8. The van der Waals surface area contributed by atoms with Gasteiger partial charge in [-0.05, 0) is 29.3 Å². The summed E-state index contributed by atoms with van der Waals surface area (Å²) in [6, 6.07) is 9.16. The molecule has 6 rings (SSSR count). The number of nitrogen functional groups attached to an aromatic ring is 2. The Bertz CT molecular complexity index is 2130. The van der Waals surface area contributed by atoms with E-state index in [9.17, 15) is 25.9 Å². The van der Waals surface area contributed by atoms with Crippen LogP contribution in [-0.4, -0.2) is 108 Å². The van der Waals surface area contributed by atoms with Gasteiger partial charge in [0.2, 0.25) is 35.7 Å². The van der Waals surface area contributed by atoms with E-state index < -0.39 is 35.7 Å². The molecule has 8 N–H and O–H groups in total. The van der Waals surface area contributed by atoms with E-state index in [4.69, 9.17) is 20.9 Å². The van der Waals surface area contributed by atoms with E-state index in [1.165, 1.54) is 24.3 Å². The van der Waals surface area contributed by atoms with Crippen LogP contribution in [-0.2, 0) is 29.7 Å². The number of morpholine rings is 2. The highest BCUT2D eigenvalue weighted by atomic mass is 32.2. The maximum Gasteiger partial charge on any atom is 0.298 e. The first kappa shape index (κ1) is 34.6. The molecule has 0 bridgehead atoms. The lowest BCUT2D eigenvalue weighted by atomic mass is 10.1. The molecule has 2 aromatic carbocycles. The molecule has 2 aromatic heterocycles. The fourth-order valence-corrected chi connectivity index (χ4v) is 7.28. The van der Waals surface area contributed by atoms with E-state index in [2.05, 4.69) is 40.5 Å². The van der Waals surface area contributed by atoms with Crippen molar-refractivity contribution in [3.05, 3.63) is 47.5 Å². The molecule has 2 aliphatic rings. The van der Waals surface area contributed by atoms with Crippen molar-refractivity contribution in [2.24, 2.45) is 0 Å². The fraction of sp³-hybridized carbons (Fsp3) is 0.286. The summed E-state index contributed by atoms with van der Waals surface area (Å²) >= 11 is 0. The molecule has 0 aliphatic carbocycles. The van der Waals surface area contributed by atoms with Crippen LogP contribution in [0.4, 0.5) is 47.1 Å². The molecular formula is C28H32N12O8S2. The Kier molecular flexibility index (Phi) is 9.90. The average Bonchev–Trinajstić information content (AvgIpc) is 3.07. The van der Waals surface area contributed by atoms with Crippen LogP contribution in [0.3, 0.4) is 0 Å². The summed E-state index contributed by atoms with van der Waals surface area (Å²) in [4.78, 5) is 26.6. The maximum atomic E-state index is 12.6. The van der Waals surface area contributed by atoms with Crippen molar-refractivity contribution in [2.75, 3.05) is 84.5 Å². The number of anilines is 8. The molecule has 2 fully saturated rings. The van der Waals surface area contributed by atoms with Gasteiger partial charge in [0.05, 0.1) is 32.1 Å². The lowest BCUT2D eigenvalue weighted by Crippen LogP contribution is -2.37. The van der Waals surface area contributed by atoms with Crippen LogP contribution in [0.2, 0.25) is 0 Å². The summed E-state index contributed by atoms with van der Waals surface area (Å²) in [5, 5.41) is 5.65. The topological polar surface area (TPSA) is 287 Å². The Morgan fingerprint density at radius 3 is 1.64 bits per heavy atom. The zero-order valence-electron chi connectivity index (χ0n) is 26.2. The zero-order chi connectivity index (χ0) is 35.5. The van der Waals surface area contributed by atoms with Crippen molar-refractivity contribution < 1.29 is 35.4 Å². The first-order valence-electron chi connectivity index (χ1n) is 15.0. The summed E-state index contributed by atoms with van der Waals surface area (Å²) in [5.41, 5.74) is 12.2. The number of hydrogen-bond acceptors (Lipinski definition) is 18. The van der Waals surface area contributed by atoms with Crippen LogP contribution >= 0.6 is 0 Å². The standard InChI is InChI=1S/C28H32N12O8S2/c29-23-33-25(37-27(35-23)39-9-13-47-14-10-39)31-19-6-2-17(3-7-19)1-4-18-5-8-20(22(50(44,45)46)21(18)49(41,42)43)32-26-34-24(30)36-28(38-26)40-11-15-48-16-12-40/h1-8H,9-16H2,(H,41,42,43)(H,44,45,46)(H3,29,31,33,35,37)(H3,30,32,34,36,38). The van der Waals surface area contributed by atoms with Crippen LogP contribution in [0.1, 0.15) is 11.1 Å². The summed E-state index contributed by atoms with van der Waals surface area (Å²) in [5.74, 6) is 0.408. The van der Waals surface area contributed by atoms with Crippen LogP contribution in [0.15, 0.2) is 46.2 Å². The van der Waals surface area contributed by atoms with Crippen LogP contribution in [0.5, 0.6) is 0 Å². The normalized spacial score (nSPS) is 15.7. The predicted molar refractivity (Wildman–Crippen MR) is 183 cm³/mol. The smallest absolute Gasteiger partial charge is 0.298 e. The van der Waals surface area contributed by atoms with Gasteiger partial charge in [-0.3, -0.25) is 9.11 Å². The Hall–Kier alpha value is -5.26. The van der Waals surface area contributed by atoms with E-state index >= 15 is 0 Å². The molecular weight excluding hydrogens is 697 g/mol. The van der Waals surface area contributed by atoms with Gasteiger partial charge >= 0.3 is 0 Å². The number of hydrogen-bond donors (Lipinski definition) is 6. The van der Waals surface area contributed by atoms with Crippen molar-refractivity contribution in [3.63, 3.8) is 0 Å². The Morgan fingerprint density at radius 2 is 1.14 bits per heavy atom. The first-order chi connectivity index (χ1) is 23.8. The number of aromatic nitrogens is 6. The summed E-state index contributed by atoms with van der Waals surface area (Å²) in [7, 11) is -10.5. The minimum Gasteiger partial charge on any atom is -0.378 e. The Balaban J connectivity index is 1.26. The molecule has 0 spiro atoms. The lowest BCUT2D eigenvalue weighted by molar-refractivity contribution is 0.122. The molecule has 0 saturated carbocycles. The van der Waals surface area contributed by atoms with Crippen LogP contribution < -0.4 is 31.9 Å². The summed E-state index contributed by atoms with van der Waals surface area (Å²) in [6.07, 6.45) is 2.75.